The standard InChI is InChI=1S/C23H38N6O2/c1-22(2,3)21-26-12-15(18(27-21)19(25)30)14-9-10-29(20(14)31)17-8-7-13(11-16(17)24)28-23(4,5)6/h12-14,16-17,28H,7-11,24H2,1-6H3,(H2,25,30)/t13-,14+,16-,17+/m1/s1. The third-order valence-electron chi connectivity index (χ3n) is 6.24. The Bertz CT molecular complexity index is 841. The normalized spacial score (nSPS) is 27.6. The van der Waals surface area contributed by atoms with Crippen LogP contribution in [0, 0.1) is 0 Å². The van der Waals surface area contributed by atoms with E-state index in [1.54, 1.807) is 6.20 Å². The van der Waals surface area contributed by atoms with Crippen LogP contribution in [0.25, 0.3) is 0 Å². The monoisotopic (exact) mass is 430 g/mol. The molecule has 31 heavy (non-hydrogen) atoms. The number of hydrogen-bond donors (Lipinski definition) is 3. The van der Waals surface area contributed by atoms with E-state index in [-0.39, 0.29) is 34.6 Å². The van der Waals surface area contributed by atoms with Crippen LogP contribution in [0.4, 0.5) is 0 Å². The molecule has 0 spiro atoms. The fourth-order valence-electron chi connectivity index (χ4n) is 4.84. The summed E-state index contributed by atoms with van der Waals surface area (Å²) >= 11 is 0. The SMILES string of the molecule is CC(C)(C)N[C@@H]1CC[C@H](N2CC[C@@H](c3cnc(C(C)(C)C)nc3C(N)=O)C2=O)[C@H](N)C1. The molecular weight excluding hydrogens is 392 g/mol. The van der Waals surface area contributed by atoms with Crippen molar-refractivity contribution in [2.75, 3.05) is 6.54 Å². The molecule has 2 fully saturated rings. The van der Waals surface area contributed by atoms with E-state index in [1.807, 2.05) is 25.7 Å². The van der Waals surface area contributed by atoms with Crippen molar-refractivity contribution in [1.29, 1.82) is 0 Å². The molecule has 1 aromatic rings. The van der Waals surface area contributed by atoms with Gasteiger partial charge in [-0.1, -0.05) is 20.8 Å². The van der Waals surface area contributed by atoms with E-state index < -0.39 is 11.8 Å². The third kappa shape index (κ3) is 5.23. The number of aromatic nitrogens is 2. The van der Waals surface area contributed by atoms with E-state index in [9.17, 15) is 9.59 Å². The second-order valence-corrected chi connectivity index (χ2v) is 11.1. The zero-order valence-corrected chi connectivity index (χ0v) is 19.7. The lowest BCUT2D eigenvalue weighted by Crippen LogP contribution is -2.57. The van der Waals surface area contributed by atoms with Gasteiger partial charge in [-0.05, 0) is 46.5 Å². The highest BCUT2D eigenvalue weighted by Gasteiger charge is 2.42. The second kappa shape index (κ2) is 8.47. The van der Waals surface area contributed by atoms with Crippen LogP contribution in [-0.2, 0) is 10.2 Å². The number of nitrogens with zero attached hydrogens (tertiary/aromatic N) is 3. The van der Waals surface area contributed by atoms with Crippen LogP contribution in [0.15, 0.2) is 6.20 Å². The number of carbonyl (C=O) groups is 2. The summed E-state index contributed by atoms with van der Waals surface area (Å²) in [6.07, 6.45) is 4.93. The van der Waals surface area contributed by atoms with E-state index in [0.29, 0.717) is 30.4 Å². The van der Waals surface area contributed by atoms with Crippen molar-refractivity contribution in [2.24, 2.45) is 11.5 Å². The van der Waals surface area contributed by atoms with Crippen LogP contribution in [-0.4, -0.2) is 56.9 Å². The van der Waals surface area contributed by atoms with Gasteiger partial charge in [0.2, 0.25) is 5.91 Å². The van der Waals surface area contributed by atoms with Crippen molar-refractivity contribution in [3.05, 3.63) is 23.3 Å². The molecule has 0 bridgehead atoms. The first-order valence-electron chi connectivity index (χ1n) is 11.3. The summed E-state index contributed by atoms with van der Waals surface area (Å²) in [5.74, 6) is -0.537. The minimum Gasteiger partial charge on any atom is -0.364 e. The number of hydrogen-bond acceptors (Lipinski definition) is 6. The van der Waals surface area contributed by atoms with Crippen LogP contribution in [0.2, 0.25) is 0 Å². The predicted octanol–water partition coefficient (Wildman–Crippen LogP) is 1.83. The molecule has 1 saturated heterocycles. The number of primary amides is 1. The zero-order chi connectivity index (χ0) is 23.1. The van der Waals surface area contributed by atoms with E-state index in [0.717, 1.165) is 19.3 Å². The van der Waals surface area contributed by atoms with Crippen LogP contribution in [0.3, 0.4) is 0 Å². The average Bonchev–Trinajstić information content (AvgIpc) is 3.00. The van der Waals surface area contributed by atoms with Gasteiger partial charge >= 0.3 is 0 Å². The first-order chi connectivity index (χ1) is 14.3. The quantitative estimate of drug-likeness (QED) is 0.669. The summed E-state index contributed by atoms with van der Waals surface area (Å²) < 4.78 is 0. The molecule has 8 heteroatoms. The average molecular weight is 431 g/mol. The Hall–Kier alpha value is -2.06. The van der Waals surface area contributed by atoms with E-state index in [4.69, 9.17) is 11.5 Å². The number of likely N-dealkylation sites (tertiary alicyclic amines) is 1. The van der Waals surface area contributed by atoms with Crippen molar-refractivity contribution in [2.45, 2.75) is 102 Å². The first kappa shape index (κ1) is 23.6. The molecule has 0 radical (unpaired) electrons. The van der Waals surface area contributed by atoms with Gasteiger partial charge in [0, 0.05) is 47.4 Å². The van der Waals surface area contributed by atoms with E-state index in [2.05, 4.69) is 36.1 Å². The zero-order valence-electron chi connectivity index (χ0n) is 19.7. The molecule has 1 aromatic heterocycles. The Morgan fingerprint density at radius 3 is 2.39 bits per heavy atom. The van der Waals surface area contributed by atoms with Crippen molar-refractivity contribution in [3.8, 4) is 0 Å². The highest BCUT2D eigenvalue weighted by molar-refractivity contribution is 5.95. The van der Waals surface area contributed by atoms with Gasteiger partial charge in [0.05, 0.1) is 5.92 Å². The lowest BCUT2D eigenvalue weighted by atomic mass is 9.85. The van der Waals surface area contributed by atoms with Crippen LogP contribution < -0.4 is 16.8 Å². The first-order valence-corrected chi connectivity index (χ1v) is 11.3. The lowest BCUT2D eigenvalue weighted by molar-refractivity contribution is -0.132. The highest BCUT2D eigenvalue weighted by atomic mass is 16.2. The molecule has 1 aliphatic carbocycles. The fraction of sp³-hybridized carbons (Fsp3) is 0.739. The number of carbonyl (C=O) groups excluding carboxylic acids is 2. The van der Waals surface area contributed by atoms with Crippen molar-refractivity contribution >= 4 is 11.8 Å². The number of amides is 2. The van der Waals surface area contributed by atoms with Gasteiger partial charge in [-0.2, -0.15) is 0 Å². The van der Waals surface area contributed by atoms with Crippen molar-refractivity contribution in [1.82, 2.24) is 20.2 Å². The summed E-state index contributed by atoms with van der Waals surface area (Å²) in [6, 6.07) is 0.299. The van der Waals surface area contributed by atoms with Crippen molar-refractivity contribution < 1.29 is 9.59 Å². The predicted molar refractivity (Wildman–Crippen MR) is 121 cm³/mol. The number of rotatable bonds is 4. The molecule has 2 amide bonds. The van der Waals surface area contributed by atoms with Crippen LogP contribution in [0.1, 0.15) is 95.0 Å². The number of nitrogens with two attached hydrogens (primary N) is 2. The van der Waals surface area contributed by atoms with Crippen LogP contribution in [0.5, 0.6) is 0 Å². The molecule has 5 N–H and O–H groups in total. The van der Waals surface area contributed by atoms with Gasteiger partial charge in [-0.3, -0.25) is 9.59 Å². The van der Waals surface area contributed by atoms with Gasteiger partial charge in [0.25, 0.3) is 5.91 Å². The Kier molecular flexibility index (Phi) is 6.45. The third-order valence-corrected chi connectivity index (χ3v) is 6.24. The smallest absolute Gasteiger partial charge is 0.267 e. The minimum absolute atomic E-state index is 0.00251. The fourth-order valence-corrected chi connectivity index (χ4v) is 4.84. The number of nitrogens with one attached hydrogen (secondary N) is 1. The molecule has 2 heterocycles. The Morgan fingerprint density at radius 1 is 1.16 bits per heavy atom. The topological polar surface area (TPSA) is 127 Å². The summed E-state index contributed by atoms with van der Waals surface area (Å²) in [4.78, 5) is 36.3. The van der Waals surface area contributed by atoms with Gasteiger partial charge in [0.1, 0.15) is 11.5 Å². The molecule has 4 atom stereocenters. The maximum atomic E-state index is 13.4. The van der Waals surface area contributed by atoms with E-state index in [1.165, 1.54) is 0 Å². The highest BCUT2D eigenvalue weighted by Crippen LogP contribution is 2.35. The lowest BCUT2D eigenvalue weighted by Gasteiger charge is -2.41. The molecule has 172 valence electrons. The van der Waals surface area contributed by atoms with Crippen LogP contribution >= 0.6 is 0 Å². The molecule has 2 aliphatic rings. The minimum atomic E-state index is -0.625. The van der Waals surface area contributed by atoms with Gasteiger partial charge in [-0.15, -0.1) is 0 Å². The van der Waals surface area contributed by atoms with E-state index >= 15 is 0 Å². The molecule has 8 nitrogen and oxygen atoms in total. The summed E-state index contributed by atoms with van der Waals surface area (Å²) in [5.41, 5.74) is 12.6. The molecular formula is C23H38N6O2. The molecule has 0 unspecified atom stereocenters. The maximum Gasteiger partial charge on any atom is 0.267 e. The largest absolute Gasteiger partial charge is 0.364 e. The van der Waals surface area contributed by atoms with Gasteiger partial charge in [-0.25, -0.2) is 9.97 Å². The maximum absolute atomic E-state index is 13.4. The molecule has 3 rings (SSSR count). The summed E-state index contributed by atoms with van der Waals surface area (Å²) in [5, 5.41) is 3.63. The Labute approximate surface area is 185 Å². The molecule has 1 saturated carbocycles. The molecule has 0 aromatic carbocycles. The Balaban J connectivity index is 1.77. The van der Waals surface area contributed by atoms with Gasteiger partial charge < -0.3 is 21.7 Å². The van der Waals surface area contributed by atoms with Crippen molar-refractivity contribution in [3.63, 3.8) is 0 Å². The summed E-state index contributed by atoms with van der Waals surface area (Å²) in [7, 11) is 0. The van der Waals surface area contributed by atoms with Gasteiger partial charge in [0.15, 0.2) is 0 Å². The molecule has 1 aliphatic heterocycles. The second-order valence-electron chi connectivity index (χ2n) is 11.1. The summed E-state index contributed by atoms with van der Waals surface area (Å²) in [6.45, 7) is 13.0. The Morgan fingerprint density at radius 2 is 1.84 bits per heavy atom.